The maximum Gasteiger partial charge on any atom is 0.164 e. The molecule has 0 aliphatic carbocycles. The van der Waals surface area contributed by atoms with Crippen molar-refractivity contribution in [1.29, 1.82) is 0 Å². The Morgan fingerprint density at radius 3 is 2.31 bits per heavy atom. The van der Waals surface area contributed by atoms with Crippen LogP contribution in [0.15, 0.2) is 0 Å². The molecule has 3 heteroatoms. The van der Waals surface area contributed by atoms with Gasteiger partial charge in [0, 0.05) is 25.9 Å². The van der Waals surface area contributed by atoms with E-state index in [4.69, 9.17) is 9.47 Å². The van der Waals surface area contributed by atoms with Gasteiger partial charge in [0.15, 0.2) is 5.78 Å². The lowest BCUT2D eigenvalue weighted by molar-refractivity contribution is -0.177. The van der Waals surface area contributed by atoms with Crippen LogP contribution in [0.25, 0.3) is 0 Å². The third-order valence-electron chi connectivity index (χ3n) is 3.11. The zero-order chi connectivity index (χ0) is 12.2. The molecule has 0 radical (unpaired) electrons. The van der Waals surface area contributed by atoms with E-state index in [0.29, 0.717) is 25.9 Å². The average molecular weight is 228 g/mol. The van der Waals surface area contributed by atoms with Crippen LogP contribution in [-0.4, -0.2) is 30.2 Å². The van der Waals surface area contributed by atoms with Crippen molar-refractivity contribution in [2.45, 2.75) is 71.2 Å². The number of hydrogen-bond donors (Lipinski definition) is 0. The summed E-state index contributed by atoms with van der Waals surface area (Å²) in [6, 6.07) is 0. The van der Waals surface area contributed by atoms with Crippen LogP contribution in [0.1, 0.15) is 53.4 Å². The molecule has 0 aromatic carbocycles. The first-order valence-electron chi connectivity index (χ1n) is 6.36. The van der Waals surface area contributed by atoms with Crippen LogP contribution >= 0.6 is 0 Å². The van der Waals surface area contributed by atoms with E-state index < -0.39 is 5.60 Å². The van der Waals surface area contributed by atoms with Gasteiger partial charge in [0.25, 0.3) is 0 Å². The summed E-state index contributed by atoms with van der Waals surface area (Å²) in [5.41, 5.74) is -0.582. The fourth-order valence-corrected chi connectivity index (χ4v) is 2.55. The summed E-state index contributed by atoms with van der Waals surface area (Å²) >= 11 is 0. The minimum atomic E-state index is -0.582. The lowest BCUT2D eigenvalue weighted by Crippen LogP contribution is -2.51. The molecule has 1 rings (SSSR count). The minimum Gasteiger partial charge on any atom is -0.375 e. The van der Waals surface area contributed by atoms with E-state index in [1.807, 2.05) is 20.8 Å². The van der Waals surface area contributed by atoms with Crippen molar-refractivity contribution in [3.63, 3.8) is 0 Å². The standard InChI is InChI=1S/C13H24O3/c1-5-7-15-13(12(14)6-2)8-10(3)16-11(4)9-13/h10-11H,5-9H2,1-4H3. The van der Waals surface area contributed by atoms with E-state index >= 15 is 0 Å². The Morgan fingerprint density at radius 1 is 1.31 bits per heavy atom. The molecule has 1 fully saturated rings. The third kappa shape index (κ3) is 3.05. The van der Waals surface area contributed by atoms with Gasteiger partial charge in [-0.15, -0.1) is 0 Å². The van der Waals surface area contributed by atoms with Crippen molar-refractivity contribution in [3.05, 3.63) is 0 Å². The Morgan fingerprint density at radius 2 is 1.88 bits per heavy atom. The molecule has 16 heavy (non-hydrogen) atoms. The average Bonchev–Trinajstić information content (AvgIpc) is 2.24. The Balaban J connectivity index is 2.80. The SMILES string of the molecule is CCCOC1(C(=O)CC)CC(C)OC(C)C1. The van der Waals surface area contributed by atoms with Crippen LogP contribution in [-0.2, 0) is 14.3 Å². The Kier molecular flexibility index (Phi) is 4.93. The maximum atomic E-state index is 12.1. The molecule has 1 aliphatic rings. The molecule has 1 saturated heterocycles. The summed E-state index contributed by atoms with van der Waals surface area (Å²) in [5.74, 6) is 0.225. The Bertz CT molecular complexity index is 227. The van der Waals surface area contributed by atoms with Crippen LogP contribution in [0, 0.1) is 0 Å². The second-order valence-corrected chi connectivity index (χ2v) is 4.79. The fourth-order valence-electron chi connectivity index (χ4n) is 2.55. The molecule has 0 aromatic heterocycles. The van der Waals surface area contributed by atoms with Gasteiger partial charge in [-0.1, -0.05) is 13.8 Å². The number of Topliss-reactive ketones (excluding diaryl/α,β-unsaturated/α-hetero) is 1. The van der Waals surface area contributed by atoms with Crippen molar-refractivity contribution in [2.75, 3.05) is 6.61 Å². The van der Waals surface area contributed by atoms with Crippen molar-refractivity contribution in [3.8, 4) is 0 Å². The van der Waals surface area contributed by atoms with Gasteiger partial charge < -0.3 is 9.47 Å². The highest BCUT2D eigenvalue weighted by atomic mass is 16.5. The topological polar surface area (TPSA) is 35.5 Å². The third-order valence-corrected chi connectivity index (χ3v) is 3.11. The number of carbonyl (C=O) groups is 1. The van der Waals surface area contributed by atoms with E-state index in [9.17, 15) is 4.79 Å². The molecule has 94 valence electrons. The summed E-state index contributed by atoms with van der Waals surface area (Å²) in [6.07, 6.45) is 3.10. The van der Waals surface area contributed by atoms with E-state index in [1.54, 1.807) is 0 Å². The van der Waals surface area contributed by atoms with Crippen molar-refractivity contribution >= 4 is 5.78 Å². The van der Waals surface area contributed by atoms with Crippen LogP contribution in [0.3, 0.4) is 0 Å². The molecule has 0 spiro atoms. The summed E-state index contributed by atoms with van der Waals surface area (Å²) in [7, 11) is 0. The van der Waals surface area contributed by atoms with E-state index in [-0.39, 0.29) is 18.0 Å². The van der Waals surface area contributed by atoms with Crippen LogP contribution in [0.5, 0.6) is 0 Å². The lowest BCUT2D eigenvalue weighted by atomic mass is 9.82. The largest absolute Gasteiger partial charge is 0.375 e. The monoisotopic (exact) mass is 228 g/mol. The summed E-state index contributed by atoms with van der Waals surface area (Å²) in [4.78, 5) is 12.1. The van der Waals surface area contributed by atoms with E-state index in [1.165, 1.54) is 0 Å². The zero-order valence-corrected chi connectivity index (χ0v) is 10.9. The molecule has 0 aromatic rings. The first-order chi connectivity index (χ1) is 7.54. The number of hydrogen-bond acceptors (Lipinski definition) is 3. The fraction of sp³-hybridized carbons (Fsp3) is 0.923. The smallest absolute Gasteiger partial charge is 0.164 e. The summed E-state index contributed by atoms with van der Waals surface area (Å²) in [5, 5.41) is 0. The predicted octanol–water partition coefficient (Wildman–Crippen LogP) is 2.72. The molecule has 2 atom stereocenters. The highest BCUT2D eigenvalue weighted by molar-refractivity contribution is 5.87. The lowest BCUT2D eigenvalue weighted by Gasteiger charge is -2.41. The second-order valence-electron chi connectivity index (χ2n) is 4.79. The molecular weight excluding hydrogens is 204 g/mol. The van der Waals surface area contributed by atoms with Gasteiger partial charge in [-0.3, -0.25) is 4.79 Å². The molecular formula is C13H24O3. The molecule has 2 unspecified atom stereocenters. The molecule has 0 amide bonds. The highest BCUT2D eigenvalue weighted by Gasteiger charge is 2.44. The van der Waals surface area contributed by atoms with Crippen LogP contribution in [0.2, 0.25) is 0 Å². The van der Waals surface area contributed by atoms with Gasteiger partial charge >= 0.3 is 0 Å². The summed E-state index contributed by atoms with van der Waals surface area (Å²) < 4.78 is 11.6. The maximum absolute atomic E-state index is 12.1. The number of carbonyl (C=O) groups excluding carboxylic acids is 1. The molecule has 0 N–H and O–H groups in total. The quantitative estimate of drug-likeness (QED) is 0.725. The normalized spacial score (nSPS) is 35.0. The van der Waals surface area contributed by atoms with E-state index in [0.717, 1.165) is 6.42 Å². The van der Waals surface area contributed by atoms with Crippen molar-refractivity contribution in [1.82, 2.24) is 0 Å². The molecule has 0 bridgehead atoms. The van der Waals surface area contributed by atoms with Gasteiger partial charge in [0.05, 0.1) is 12.2 Å². The Labute approximate surface area is 98.5 Å². The van der Waals surface area contributed by atoms with Gasteiger partial charge in [-0.25, -0.2) is 0 Å². The first-order valence-corrected chi connectivity index (χ1v) is 6.36. The van der Waals surface area contributed by atoms with Gasteiger partial charge in [-0.05, 0) is 20.3 Å². The van der Waals surface area contributed by atoms with Crippen molar-refractivity contribution < 1.29 is 14.3 Å². The van der Waals surface area contributed by atoms with Crippen molar-refractivity contribution in [2.24, 2.45) is 0 Å². The predicted molar refractivity (Wildman–Crippen MR) is 63.5 cm³/mol. The summed E-state index contributed by atoms with van der Waals surface area (Å²) in [6.45, 7) is 8.66. The minimum absolute atomic E-state index is 0.108. The second kappa shape index (κ2) is 5.78. The van der Waals surface area contributed by atoms with Crippen LogP contribution in [0.4, 0.5) is 0 Å². The number of ketones is 1. The molecule has 0 saturated carbocycles. The number of rotatable bonds is 5. The zero-order valence-electron chi connectivity index (χ0n) is 10.9. The van der Waals surface area contributed by atoms with Gasteiger partial charge in [-0.2, -0.15) is 0 Å². The Hall–Kier alpha value is -0.410. The number of ether oxygens (including phenoxy) is 2. The van der Waals surface area contributed by atoms with E-state index in [2.05, 4.69) is 6.92 Å². The molecule has 1 aliphatic heterocycles. The first kappa shape index (κ1) is 13.7. The highest BCUT2D eigenvalue weighted by Crippen LogP contribution is 2.34. The van der Waals surface area contributed by atoms with Crippen LogP contribution < -0.4 is 0 Å². The van der Waals surface area contributed by atoms with Gasteiger partial charge in [0.1, 0.15) is 5.60 Å². The van der Waals surface area contributed by atoms with Gasteiger partial charge in [0.2, 0.25) is 0 Å². The molecule has 1 heterocycles. The molecule has 3 nitrogen and oxygen atoms in total.